The molecule has 0 aromatic carbocycles. The molecule has 0 amide bonds. The van der Waals surface area contributed by atoms with Gasteiger partial charge >= 0.3 is 0 Å². The summed E-state index contributed by atoms with van der Waals surface area (Å²) in [6.45, 7) is 0. The van der Waals surface area contributed by atoms with Gasteiger partial charge in [-0.1, -0.05) is 0 Å². The van der Waals surface area contributed by atoms with Crippen molar-refractivity contribution in [3.63, 3.8) is 0 Å². The normalized spacial score (nSPS) is 0. The van der Waals surface area contributed by atoms with Gasteiger partial charge in [-0.05, 0) is 21.9 Å². The molecule has 24 valence electrons. The number of rotatable bonds is 0. The second-order valence-electron chi connectivity index (χ2n) is 0. The molecule has 0 fully saturated rings. The third-order valence-corrected chi connectivity index (χ3v) is 0. The molecule has 4 heteroatoms. The molecule has 0 saturated heterocycles. The molecule has 4 heavy (non-hydrogen) atoms. The van der Waals surface area contributed by atoms with Crippen LogP contribution in [0, 0.1) is 0 Å². The average Bonchev–Trinajstić information content (AvgIpc) is 0. The van der Waals surface area contributed by atoms with Crippen LogP contribution >= 0.6 is 0 Å². The summed E-state index contributed by atoms with van der Waals surface area (Å²) in [5, 5.41) is 0. The fraction of sp³-hybridized carbons (Fsp3) is 0. The molecule has 0 heterocycles. The Morgan fingerprint density at radius 1 is 0.750 bits per heavy atom. The molecule has 0 rings (SSSR count). The van der Waals surface area contributed by atoms with Crippen LogP contribution in [0.2, 0.25) is 0 Å². The van der Waals surface area contributed by atoms with Crippen LogP contribution in [0.15, 0.2) is 0 Å². The van der Waals surface area contributed by atoms with E-state index >= 15 is 0 Å². The fourth-order valence-electron chi connectivity index (χ4n) is 0. The maximum Gasteiger partial charge on any atom is 0 e. The van der Waals surface area contributed by atoms with Gasteiger partial charge in [0.25, 0.3) is 0 Å². The van der Waals surface area contributed by atoms with Crippen LogP contribution in [0.4, 0.5) is 0 Å². The standard InChI is InChI=1S/2H4Si.Ti.Zr/h2*1H4;;. The van der Waals surface area contributed by atoms with Crippen molar-refractivity contribution in [1.82, 2.24) is 0 Å². The molecule has 0 spiro atoms. The van der Waals surface area contributed by atoms with Crippen molar-refractivity contribution in [2.24, 2.45) is 0 Å². The van der Waals surface area contributed by atoms with Gasteiger partial charge in [-0.25, -0.2) is 0 Å². The molecule has 0 aliphatic rings. The molecule has 0 aliphatic heterocycles. The Kier molecular flexibility index (Phi) is 183. The van der Waals surface area contributed by atoms with E-state index in [1.54, 1.807) is 0 Å². The van der Waals surface area contributed by atoms with Crippen LogP contribution < -0.4 is 0 Å². The van der Waals surface area contributed by atoms with Gasteiger partial charge in [-0.2, -0.15) is 0 Å². The third-order valence-electron chi connectivity index (χ3n) is 0. The summed E-state index contributed by atoms with van der Waals surface area (Å²) in [4.78, 5) is 0. The van der Waals surface area contributed by atoms with Crippen LogP contribution in [-0.4, -0.2) is 21.9 Å². The van der Waals surface area contributed by atoms with Crippen LogP contribution in [0.1, 0.15) is 0 Å². The van der Waals surface area contributed by atoms with Crippen LogP contribution in [0.5, 0.6) is 0 Å². The zero-order valence-electron chi connectivity index (χ0n) is 1.00. The van der Waals surface area contributed by atoms with Crippen molar-refractivity contribution < 1.29 is 47.9 Å². The number of hydrogen-bond acceptors (Lipinski definition) is 0. The first-order valence-electron chi connectivity index (χ1n) is 0. The minimum atomic E-state index is 0. The first-order valence-corrected chi connectivity index (χ1v) is 0. The van der Waals surface area contributed by atoms with E-state index in [0.29, 0.717) is 0 Å². The SMILES string of the molecule is [SiH4].[SiH4].[Ti].[Zr]. The third kappa shape index (κ3) is 8.98. The molecule has 0 aromatic heterocycles. The van der Waals surface area contributed by atoms with E-state index in [9.17, 15) is 0 Å². The Morgan fingerprint density at radius 2 is 0.750 bits per heavy atom. The van der Waals surface area contributed by atoms with E-state index in [0.717, 1.165) is 0 Å². The van der Waals surface area contributed by atoms with Gasteiger partial charge in [0, 0.05) is 47.9 Å². The largest absolute Gasteiger partial charge is 0.0149 e. The molecule has 0 saturated carbocycles. The zero-order chi connectivity index (χ0) is 0. The quantitative estimate of drug-likeness (QED) is 0.370. The van der Waals surface area contributed by atoms with Gasteiger partial charge in [-0.15, -0.1) is 0 Å². The fourth-order valence-corrected chi connectivity index (χ4v) is 0. The molecule has 0 bridgehead atoms. The summed E-state index contributed by atoms with van der Waals surface area (Å²) in [7, 11) is 0. The summed E-state index contributed by atoms with van der Waals surface area (Å²) < 4.78 is 0. The Bertz CT molecular complexity index is 6.00. The van der Waals surface area contributed by atoms with E-state index in [1.165, 1.54) is 0 Å². The van der Waals surface area contributed by atoms with E-state index < -0.39 is 0 Å². The second kappa shape index (κ2) is 19.8. The van der Waals surface area contributed by atoms with Crippen molar-refractivity contribution in [2.75, 3.05) is 0 Å². The van der Waals surface area contributed by atoms with Gasteiger partial charge in [0.2, 0.25) is 0 Å². The zero-order valence-corrected chi connectivity index (χ0v) is 5.02. The predicted octanol–water partition coefficient (Wildman–Crippen LogP) is -2.91. The second-order valence-corrected chi connectivity index (χ2v) is 0. The monoisotopic (exact) mass is 202 g/mol. The van der Waals surface area contributed by atoms with Crippen LogP contribution in [0.25, 0.3) is 0 Å². The minimum Gasteiger partial charge on any atom is -0.0149 e. The molecular formula is H8Si2TiZr. The molecule has 0 nitrogen and oxygen atoms in total. The Hall–Kier alpha value is 2.03. The molecule has 0 radical (unpaired) electrons. The predicted molar refractivity (Wildman–Crippen MR) is 22.7 cm³/mol. The summed E-state index contributed by atoms with van der Waals surface area (Å²) in [6.07, 6.45) is 0. The van der Waals surface area contributed by atoms with Crippen LogP contribution in [-0.2, 0) is 47.9 Å². The maximum absolute atomic E-state index is 0. The van der Waals surface area contributed by atoms with Gasteiger partial charge in [0.1, 0.15) is 0 Å². The Labute approximate surface area is 69.2 Å². The van der Waals surface area contributed by atoms with E-state index in [2.05, 4.69) is 0 Å². The summed E-state index contributed by atoms with van der Waals surface area (Å²) >= 11 is 0. The van der Waals surface area contributed by atoms with Gasteiger partial charge in [0.15, 0.2) is 0 Å². The average molecular weight is 203 g/mol. The van der Waals surface area contributed by atoms with E-state index in [1.807, 2.05) is 0 Å². The maximum atomic E-state index is 0. The van der Waals surface area contributed by atoms with Crippen molar-refractivity contribution in [2.45, 2.75) is 0 Å². The molecule has 0 atom stereocenters. The summed E-state index contributed by atoms with van der Waals surface area (Å²) in [6, 6.07) is 0. The van der Waals surface area contributed by atoms with E-state index in [-0.39, 0.29) is 69.9 Å². The first kappa shape index (κ1) is 37.0. The number of hydrogen-bond donors (Lipinski definition) is 0. The van der Waals surface area contributed by atoms with Crippen LogP contribution in [0.3, 0.4) is 0 Å². The topological polar surface area (TPSA) is 0 Å². The van der Waals surface area contributed by atoms with E-state index in [4.69, 9.17) is 0 Å². The molecule has 0 unspecified atom stereocenters. The minimum absolute atomic E-state index is 0. The molecule has 0 aromatic rings. The van der Waals surface area contributed by atoms with Crippen molar-refractivity contribution >= 4 is 21.9 Å². The summed E-state index contributed by atoms with van der Waals surface area (Å²) in [5.74, 6) is 0. The van der Waals surface area contributed by atoms with Crippen molar-refractivity contribution in [3.05, 3.63) is 0 Å². The van der Waals surface area contributed by atoms with Crippen molar-refractivity contribution in [1.29, 1.82) is 0 Å². The van der Waals surface area contributed by atoms with Crippen molar-refractivity contribution in [3.8, 4) is 0 Å². The first-order chi connectivity index (χ1) is 0. The van der Waals surface area contributed by atoms with Gasteiger partial charge in [-0.3, -0.25) is 0 Å². The Morgan fingerprint density at radius 3 is 0.750 bits per heavy atom. The summed E-state index contributed by atoms with van der Waals surface area (Å²) in [5.41, 5.74) is 0. The molecular weight excluding hydrogens is 195 g/mol. The van der Waals surface area contributed by atoms with Gasteiger partial charge in [0.05, 0.1) is 0 Å². The Balaban J connectivity index is 0. The molecule has 0 N–H and O–H groups in total. The smallest absolute Gasteiger partial charge is 0 e. The molecule has 0 aliphatic carbocycles. The van der Waals surface area contributed by atoms with Gasteiger partial charge < -0.3 is 0 Å².